The topological polar surface area (TPSA) is 260 Å². The van der Waals surface area contributed by atoms with Crippen molar-refractivity contribution in [3.63, 3.8) is 0 Å². The highest BCUT2D eigenvalue weighted by Crippen LogP contribution is 2.70. The fourth-order valence-electron chi connectivity index (χ4n) is 11.6. The van der Waals surface area contributed by atoms with Crippen LogP contribution in [0, 0.1) is 28.6 Å². The number of nitrogens with one attached hydrogen (secondary N) is 2. The standard InChI is InChI=1S/C50H60FN9O7S2/c1-28-20-37-36-13-10-32-22-35(61)14-16-47(32,2)49(36,51)39(62)23-48(37,3)50(28,67)45(66)54-17-19-69-27-30-7-5-6-29(21-30)26-68-18-15-38(44(64)65)57-43(63)31-8-11-34(12-9-31)60(4)25-33-24-55-42-40(56-33)41(52)58-46(53)59-42/h5-9,11-12,14,16,21-22,24,28,36-39,62,67H,10,13,15,17-20,23,25-27H2,1-4H3,(H,54,66)(H,57,63)(H,64,65)(H4,52,53,55,58,59)/t28-,36+,37+,38-,39+,47+,48+,49+,50+/m1/s1. The van der Waals surface area contributed by atoms with Gasteiger partial charge in [0.25, 0.3) is 11.8 Å². The number of aliphatic carboxylic acids is 1. The van der Waals surface area contributed by atoms with Gasteiger partial charge in [0.2, 0.25) is 5.95 Å². The van der Waals surface area contributed by atoms with Crippen LogP contribution in [0.25, 0.3) is 11.2 Å². The van der Waals surface area contributed by atoms with Crippen LogP contribution in [0.1, 0.15) is 80.1 Å². The van der Waals surface area contributed by atoms with Crippen LogP contribution in [0.3, 0.4) is 0 Å². The molecule has 0 radical (unpaired) electrons. The summed E-state index contributed by atoms with van der Waals surface area (Å²) in [4.78, 5) is 70.2. The predicted octanol–water partition coefficient (Wildman–Crippen LogP) is 5.42. The third kappa shape index (κ3) is 9.30. The largest absolute Gasteiger partial charge is 0.480 e. The van der Waals surface area contributed by atoms with Gasteiger partial charge >= 0.3 is 5.97 Å². The van der Waals surface area contributed by atoms with Gasteiger partial charge in [-0.2, -0.15) is 33.5 Å². The first-order chi connectivity index (χ1) is 32.8. The van der Waals surface area contributed by atoms with Crippen LogP contribution in [0.15, 0.2) is 78.5 Å². The molecule has 16 nitrogen and oxygen atoms in total. The second-order valence-electron chi connectivity index (χ2n) is 19.4. The minimum Gasteiger partial charge on any atom is -0.480 e. The van der Waals surface area contributed by atoms with Crippen molar-refractivity contribution >= 4 is 75.7 Å². The van der Waals surface area contributed by atoms with Gasteiger partial charge in [0.05, 0.1) is 24.5 Å². The van der Waals surface area contributed by atoms with Crippen LogP contribution in [-0.2, 0) is 32.4 Å². The van der Waals surface area contributed by atoms with E-state index in [9.17, 15) is 34.5 Å². The smallest absolute Gasteiger partial charge is 0.326 e. The number of allylic oxidation sites excluding steroid dienone is 4. The van der Waals surface area contributed by atoms with E-state index in [4.69, 9.17) is 11.5 Å². The first kappa shape index (κ1) is 49.8. The number of nitrogens with two attached hydrogens (primary N) is 2. The highest BCUT2D eigenvalue weighted by Gasteiger charge is 2.75. The number of thioether (sulfide) groups is 2. The van der Waals surface area contributed by atoms with Crippen LogP contribution in [-0.4, -0.2) is 107 Å². The molecule has 2 heterocycles. The van der Waals surface area contributed by atoms with Crippen LogP contribution in [0.2, 0.25) is 0 Å². The fourth-order valence-corrected chi connectivity index (χ4v) is 13.3. The molecule has 0 saturated heterocycles. The third-order valence-electron chi connectivity index (χ3n) is 15.3. The lowest BCUT2D eigenvalue weighted by Gasteiger charge is -2.62. The van der Waals surface area contributed by atoms with E-state index in [1.807, 2.05) is 44.0 Å². The Morgan fingerprint density at radius 3 is 2.43 bits per heavy atom. The summed E-state index contributed by atoms with van der Waals surface area (Å²) in [6.45, 7) is 6.12. The average Bonchev–Trinajstić information content (AvgIpc) is 3.51. The summed E-state index contributed by atoms with van der Waals surface area (Å²) in [7, 11) is 1.86. The van der Waals surface area contributed by atoms with Gasteiger partial charge in [-0.15, -0.1) is 0 Å². The molecule has 2 amide bonds. The number of nitrogen functional groups attached to an aromatic ring is 2. The zero-order valence-corrected chi connectivity index (χ0v) is 40.8. The highest BCUT2D eigenvalue weighted by molar-refractivity contribution is 7.98. The number of carboxylic acid groups (broad SMARTS) is 1. The molecule has 4 aromatic rings. The minimum atomic E-state index is -2.03. The number of amides is 2. The lowest BCUT2D eigenvalue weighted by molar-refractivity contribution is -0.219. The molecule has 0 spiro atoms. The maximum Gasteiger partial charge on any atom is 0.326 e. The molecule has 2 aromatic carbocycles. The van der Waals surface area contributed by atoms with E-state index < -0.39 is 63.9 Å². The molecule has 9 atom stereocenters. The van der Waals surface area contributed by atoms with E-state index in [0.29, 0.717) is 83.4 Å². The summed E-state index contributed by atoms with van der Waals surface area (Å²) in [6, 6.07) is 13.8. The Labute approximate surface area is 408 Å². The molecule has 366 valence electrons. The van der Waals surface area contributed by atoms with Crippen LogP contribution >= 0.6 is 23.5 Å². The molecule has 3 saturated carbocycles. The van der Waals surface area contributed by atoms with E-state index >= 15 is 4.39 Å². The van der Waals surface area contributed by atoms with Crippen molar-refractivity contribution in [2.45, 2.75) is 94.3 Å². The summed E-state index contributed by atoms with van der Waals surface area (Å²) in [5, 5.41) is 39.5. The summed E-state index contributed by atoms with van der Waals surface area (Å²) in [5.41, 5.74) is 10.8. The summed E-state index contributed by atoms with van der Waals surface area (Å²) < 4.78 is 17.5. The summed E-state index contributed by atoms with van der Waals surface area (Å²) in [6.07, 6.45) is 6.20. The Kier molecular flexibility index (Phi) is 14.2. The van der Waals surface area contributed by atoms with Crippen molar-refractivity contribution in [2.75, 3.05) is 41.5 Å². The predicted molar refractivity (Wildman–Crippen MR) is 266 cm³/mol. The van der Waals surface area contributed by atoms with Gasteiger partial charge in [0.1, 0.15) is 6.04 Å². The first-order valence-electron chi connectivity index (χ1n) is 23.2. The van der Waals surface area contributed by atoms with Gasteiger partial charge in [-0.25, -0.2) is 19.2 Å². The number of aromatic nitrogens is 4. The van der Waals surface area contributed by atoms with Gasteiger partial charge < -0.3 is 42.3 Å². The van der Waals surface area contributed by atoms with E-state index in [-0.39, 0.29) is 36.3 Å². The van der Waals surface area contributed by atoms with E-state index in [1.165, 1.54) is 12.2 Å². The zero-order valence-electron chi connectivity index (χ0n) is 39.2. The number of ketones is 1. The monoisotopic (exact) mass is 981 g/mol. The zero-order chi connectivity index (χ0) is 49.5. The van der Waals surface area contributed by atoms with Gasteiger partial charge in [-0.05, 0) is 104 Å². The molecule has 8 rings (SSSR count). The van der Waals surface area contributed by atoms with Crippen molar-refractivity contribution in [1.82, 2.24) is 30.6 Å². The van der Waals surface area contributed by atoms with Crippen molar-refractivity contribution in [3.8, 4) is 0 Å². The number of nitrogens with zero attached hydrogens (tertiary/aromatic N) is 5. The number of fused-ring (bicyclic) bond motifs is 6. The van der Waals surface area contributed by atoms with Crippen molar-refractivity contribution in [1.29, 1.82) is 0 Å². The maximum absolute atomic E-state index is 17.5. The SMILES string of the molecule is C[C@@H]1C[C@H]2[C@@H]3CCC4=CC(=O)C=C[C@]4(C)[C@@]3(F)[C@@H](O)C[C@]2(C)[C@@]1(O)C(=O)NCCSCc1cccc(CSCC[C@@H](NC(=O)c2ccc(N(C)Cc3cnc4nc(N)nc(N)c4n3)cc2)C(=O)O)c1. The number of halogens is 1. The average molecular weight is 982 g/mol. The second-order valence-corrected chi connectivity index (χ2v) is 21.6. The van der Waals surface area contributed by atoms with Crippen molar-refractivity contribution in [3.05, 3.63) is 101 Å². The number of anilines is 3. The first-order valence-corrected chi connectivity index (χ1v) is 25.5. The number of aliphatic hydroxyl groups is 2. The van der Waals surface area contributed by atoms with Crippen LogP contribution < -0.4 is 27.0 Å². The lowest BCUT2D eigenvalue weighted by atomic mass is 9.44. The number of aliphatic hydroxyl groups excluding tert-OH is 1. The van der Waals surface area contributed by atoms with E-state index in [1.54, 1.807) is 67.0 Å². The Hall–Kier alpha value is -5.63. The number of carbonyl (C=O) groups is 4. The number of benzene rings is 2. The number of rotatable bonds is 17. The molecule has 9 N–H and O–H groups in total. The number of hydrogen-bond donors (Lipinski definition) is 7. The van der Waals surface area contributed by atoms with Crippen LogP contribution in [0.4, 0.5) is 21.8 Å². The molecular weight excluding hydrogens is 922 g/mol. The maximum atomic E-state index is 17.5. The molecule has 0 bridgehead atoms. The Morgan fingerprint density at radius 1 is 1.01 bits per heavy atom. The molecule has 4 aliphatic rings. The number of carboxylic acids is 1. The Bertz CT molecular complexity index is 2710. The number of hydrogen-bond acceptors (Lipinski definition) is 15. The normalized spacial score (nSPS) is 28.5. The molecule has 0 aliphatic heterocycles. The second kappa shape index (κ2) is 19.6. The van der Waals surface area contributed by atoms with Crippen LogP contribution in [0.5, 0.6) is 0 Å². The molecular formula is C50H60FN9O7S2. The summed E-state index contributed by atoms with van der Waals surface area (Å²) >= 11 is 3.21. The van der Waals surface area contributed by atoms with Gasteiger partial charge in [-0.1, -0.05) is 49.8 Å². The van der Waals surface area contributed by atoms with Gasteiger partial charge in [-0.3, -0.25) is 14.4 Å². The van der Waals surface area contributed by atoms with Gasteiger partial charge in [0.15, 0.2) is 34.0 Å². The summed E-state index contributed by atoms with van der Waals surface area (Å²) in [5.74, 6) is -1.10. The molecule has 19 heteroatoms. The third-order valence-corrected chi connectivity index (χ3v) is 17.3. The minimum absolute atomic E-state index is 0.0147. The molecule has 3 fully saturated rings. The van der Waals surface area contributed by atoms with Crippen molar-refractivity contribution < 1.29 is 38.9 Å². The molecule has 4 aliphatic carbocycles. The Morgan fingerprint density at radius 2 is 1.72 bits per heavy atom. The number of carbonyl (C=O) groups excluding carboxylic acids is 3. The number of alkyl halides is 1. The fraction of sp³-hybridized carbons (Fsp3) is 0.480. The molecule has 2 aromatic heterocycles. The van der Waals surface area contributed by atoms with E-state index in [2.05, 4.69) is 36.6 Å². The highest BCUT2D eigenvalue weighted by atomic mass is 32.2. The van der Waals surface area contributed by atoms with E-state index in [0.717, 1.165) is 16.8 Å². The quantitative estimate of drug-likeness (QED) is 0.0652. The van der Waals surface area contributed by atoms with Gasteiger partial charge in [0, 0.05) is 58.8 Å². The lowest BCUT2D eigenvalue weighted by Crippen LogP contribution is -2.70. The Balaban J connectivity index is 0.768. The molecule has 69 heavy (non-hydrogen) atoms. The van der Waals surface area contributed by atoms with Crippen molar-refractivity contribution in [2.24, 2.45) is 28.6 Å². The molecule has 0 unspecified atom stereocenters.